The van der Waals surface area contributed by atoms with Gasteiger partial charge < -0.3 is 4.74 Å². The van der Waals surface area contributed by atoms with E-state index >= 15 is 0 Å². The minimum Gasteiger partial charge on any atom is -0.494 e. The smallest absolute Gasteiger partial charge is 0.257 e. The lowest BCUT2D eigenvalue weighted by Gasteiger charge is -2.21. The zero-order valence-corrected chi connectivity index (χ0v) is 22.2. The van der Waals surface area contributed by atoms with Crippen molar-refractivity contribution in [3.05, 3.63) is 72.3 Å². The normalized spacial score (nSPS) is 11.7. The summed E-state index contributed by atoms with van der Waals surface area (Å²) in [5.41, 5.74) is 3.07. The summed E-state index contributed by atoms with van der Waals surface area (Å²) in [6.45, 7) is 4.83. The van der Waals surface area contributed by atoms with Crippen LogP contribution in [0.4, 0.5) is 5.13 Å². The molecule has 7 nitrogen and oxygen atoms in total. The molecule has 0 radical (unpaired) electrons. The fourth-order valence-corrected chi connectivity index (χ4v) is 6.63. The molecule has 0 fully saturated rings. The van der Waals surface area contributed by atoms with E-state index in [1.165, 1.54) is 39.9 Å². The number of hydrogen-bond donors (Lipinski definition) is 1. The van der Waals surface area contributed by atoms with Crippen LogP contribution < -0.4 is 10.1 Å². The zero-order chi connectivity index (χ0) is 25.7. The van der Waals surface area contributed by atoms with Crippen LogP contribution in [-0.2, 0) is 10.0 Å². The standard InChI is InChI=1S/C27H29N3O4S2/c1-4-17-30(18-5-2)36(32,33)21-13-11-20(12-14-21)26(31)29-27-28-24-23(34-3)16-15-22(25(24)35-27)19-9-7-6-8-10-19/h6-16H,4-5,17-18H2,1-3H3,(H,28,29,31). The number of carbonyl (C=O) groups excluding carboxylic acids is 1. The lowest BCUT2D eigenvalue weighted by Crippen LogP contribution is -2.32. The van der Waals surface area contributed by atoms with E-state index in [9.17, 15) is 13.2 Å². The van der Waals surface area contributed by atoms with Gasteiger partial charge in [-0.15, -0.1) is 0 Å². The number of fused-ring (bicyclic) bond motifs is 1. The lowest BCUT2D eigenvalue weighted by molar-refractivity contribution is 0.102. The van der Waals surface area contributed by atoms with Gasteiger partial charge in [0.25, 0.3) is 5.91 Å². The van der Waals surface area contributed by atoms with Crippen LogP contribution in [0.25, 0.3) is 21.3 Å². The van der Waals surface area contributed by atoms with Crippen LogP contribution >= 0.6 is 11.3 Å². The van der Waals surface area contributed by atoms with E-state index in [1.807, 2.05) is 56.3 Å². The van der Waals surface area contributed by atoms with E-state index in [0.29, 0.717) is 35.1 Å². The molecule has 0 saturated heterocycles. The summed E-state index contributed by atoms with van der Waals surface area (Å²) in [6.07, 6.45) is 1.47. The van der Waals surface area contributed by atoms with Crippen molar-refractivity contribution < 1.29 is 17.9 Å². The largest absolute Gasteiger partial charge is 0.494 e. The van der Waals surface area contributed by atoms with Crippen molar-refractivity contribution in [1.29, 1.82) is 0 Å². The minimum atomic E-state index is -3.61. The Kier molecular flexibility index (Phi) is 8.03. The first-order chi connectivity index (χ1) is 17.4. The number of nitrogens with one attached hydrogen (secondary N) is 1. The number of carbonyl (C=O) groups is 1. The fraction of sp³-hybridized carbons (Fsp3) is 0.259. The molecule has 4 rings (SSSR count). The molecule has 1 aromatic heterocycles. The maximum Gasteiger partial charge on any atom is 0.257 e. The number of benzene rings is 3. The molecule has 36 heavy (non-hydrogen) atoms. The molecule has 3 aromatic carbocycles. The predicted octanol–water partition coefficient (Wildman–Crippen LogP) is 6.03. The van der Waals surface area contributed by atoms with Crippen LogP contribution in [0.3, 0.4) is 0 Å². The van der Waals surface area contributed by atoms with Crippen LogP contribution in [0.15, 0.2) is 71.6 Å². The molecule has 1 heterocycles. The van der Waals surface area contributed by atoms with Crippen molar-refractivity contribution in [2.75, 3.05) is 25.5 Å². The van der Waals surface area contributed by atoms with Crippen molar-refractivity contribution in [2.24, 2.45) is 0 Å². The highest BCUT2D eigenvalue weighted by molar-refractivity contribution is 7.89. The van der Waals surface area contributed by atoms with Gasteiger partial charge >= 0.3 is 0 Å². The van der Waals surface area contributed by atoms with Gasteiger partial charge in [0.15, 0.2) is 5.13 Å². The summed E-state index contributed by atoms with van der Waals surface area (Å²) in [5.74, 6) is 0.261. The number of sulfonamides is 1. The molecule has 4 aromatic rings. The van der Waals surface area contributed by atoms with Gasteiger partial charge in [0.2, 0.25) is 10.0 Å². The molecular weight excluding hydrogens is 494 g/mol. The summed E-state index contributed by atoms with van der Waals surface area (Å²) in [5, 5.41) is 3.29. The van der Waals surface area contributed by atoms with Crippen LogP contribution in [-0.4, -0.2) is 43.8 Å². The molecule has 0 bridgehead atoms. The summed E-state index contributed by atoms with van der Waals surface area (Å²) in [4.78, 5) is 17.8. The maximum atomic E-state index is 13.0. The van der Waals surface area contributed by atoms with Gasteiger partial charge in [-0.05, 0) is 54.8 Å². The molecule has 0 unspecified atom stereocenters. The molecule has 0 aliphatic heterocycles. The van der Waals surface area contributed by atoms with Crippen molar-refractivity contribution >= 4 is 42.6 Å². The Morgan fingerprint density at radius 3 is 2.25 bits per heavy atom. The lowest BCUT2D eigenvalue weighted by atomic mass is 10.1. The average molecular weight is 524 g/mol. The second kappa shape index (κ2) is 11.2. The van der Waals surface area contributed by atoms with Gasteiger partial charge in [-0.25, -0.2) is 13.4 Å². The number of nitrogens with zero attached hydrogens (tertiary/aromatic N) is 2. The topological polar surface area (TPSA) is 88.6 Å². The number of aromatic nitrogens is 1. The Morgan fingerprint density at radius 1 is 0.972 bits per heavy atom. The first kappa shape index (κ1) is 25.8. The van der Waals surface area contributed by atoms with Crippen molar-refractivity contribution in [1.82, 2.24) is 9.29 Å². The van der Waals surface area contributed by atoms with E-state index in [1.54, 1.807) is 7.11 Å². The van der Waals surface area contributed by atoms with Crippen molar-refractivity contribution in [2.45, 2.75) is 31.6 Å². The summed E-state index contributed by atoms with van der Waals surface area (Å²) < 4.78 is 33.9. The highest BCUT2D eigenvalue weighted by Crippen LogP contribution is 2.39. The Balaban J connectivity index is 1.59. The van der Waals surface area contributed by atoms with Crippen molar-refractivity contribution in [3.63, 3.8) is 0 Å². The number of methoxy groups -OCH3 is 1. The molecule has 0 spiro atoms. The van der Waals surface area contributed by atoms with Gasteiger partial charge in [0, 0.05) is 24.2 Å². The van der Waals surface area contributed by atoms with Crippen molar-refractivity contribution in [3.8, 4) is 16.9 Å². The number of thiazole rings is 1. The predicted molar refractivity (Wildman–Crippen MR) is 145 cm³/mol. The maximum absolute atomic E-state index is 13.0. The van der Waals surface area contributed by atoms with Crippen LogP contribution in [0.2, 0.25) is 0 Å². The summed E-state index contributed by atoms with van der Waals surface area (Å²) in [6, 6.07) is 19.8. The highest BCUT2D eigenvalue weighted by Gasteiger charge is 2.23. The number of anilines is 1. The van der Waals surface area contributed by atoms with E-state index < -0.39 is 10.0 Å². The minimum absolute atomic E-state index is 0.179. The third-order valence-electron chi connectivity index (χ3n) is 5.73. The van der Waals surface area contributed by atoms with E-state index in [-0.39, 0.29) is 10.8 Å². The first-order valence-electron chi connectivity index (χ1n) is 11.8. The Morgan fingerprint density at radius 2 is 1.64 bits per heavy atom. The second-order valence-electron chi connectivity index (χ2n) is 8.26. The molecular formula is C27H29N3O4S2. The third-order valence-corrected chi connectivity index (χ3v) is 8.65. The number of amides is 1. The van der Waals surface area contributed by atoms with E-state index in [2.05, 4.69) is 10.3 Å². The molecule has 9 heteroatoms. The summed E-state index contributed by atoms with van der Waals surface area (Å²) in [7, 11) is -2.02. The van der Waals surface area contributed by atoms with Gasteiger partial charge in [-0.2, -0.15) is 4.31 Å². The Labute approximate surface area is 215 Å². The molecule has 1 amide bonds. The molecule has 0 atom stereocenters. The third kappa shape index (κ3) is 5.28. The number of rotatable bonds is 10. The summed E-state index contributed by atoms with van der Waals surface area (Å²) >= 11 is 1.37. The van der Waals surface area contributed by atoms with Gasteiger partial charge in [0.1, 0.15) is 11.3 Å². The van der Waals surface area contributed by atoms with Gasteiger partial charge in [-0.3, -0.25) is 10.1 Å². The van der Waals surface area contributed by atoms with Crippen LogP contribution in [0, 0.1) is 0 Å². The van der Waals surface area contributed by atoms with Gasteiger partial charge in [-0.1, -0.05) is 55.5 Å². The zero-order valence-electron chi connectivity index (χ0n) is 20.5. The first-order valence-corrected chi connectivity index (χ1v) is 14.1. The quantitative estimate of drug-likeness (QED) is 0.274. The SMILES string of the molecule is CCCN(CCC)S(=O)(=O)c1ccc(C(=O)Nc2nc3c(OC)ccc(-c4ccccc4)c3s2)cc1. The Hall–Kier alpha value is -3.27. The second-order valence-corrected chi connectivity index (χ2v) is 11.2. The van der Waals surface area contributed by atoms with E-state index in [0.717, 1.165) is 28.7 Å². The number of ether oxygens (including phenoxy) is 1. The van der Waals surface area contributed by atoms with Gasteiger partial charge in [0.05, 0.1) is 16.7 Å². The molecule has 0 aliphatic carbocycles. The monoisotopic (exact) mass is 523 g/mol. The molecule has 0 aliphatic rings. The molecule has 188 valence electrons. The molecule has 0 saturated carbocycles. The highest BCUT2D eigenvalue weighted by atomic mass is 32.2. The number of hydrogen-bond acceptors (Lipinski definition) is 6. The fourth-order valence-electron chi connectivity index (χ4n) is 3.99. The van der Waals surface area contributed by atoms with Crippen LogP contribution in [0.1, 0.15) is 37.0 Å². The molecule has 1 N–H and O–H groups in total. The Bertz CT molecular complexity index is 1440. The van der Waals surface area contributed by atoms with E-state index in [4.69, 9.17) is 4.74 Å². The average Bonchev–Trinajstić information content (AvgIpc) is 3.32. The van der Waals surface area contributed by atoms with Crippen LogP contribution in [0.5, 0.6) is 5.75 Å².